The second-order valence-electron chi connectivity index (χ2n) is 9.01. The van der Waals surface area contributed by atoms with E-state index in [9.17, 15) is 14.0 Å². The number of benzene rings is 4. The molecule has 38 heavy (non-hydrogen) atoms. The van der Waals surface area contributed by atoms with E-state index in [2.05, 4.69) is 5.32 Å². The summed E-state index contributed by atoms with van der Waals surface area (Å²) in [7, 11) is 1.62. The summed E-state index contributed by atoms with van der Waals surface area (Å²) in [6.45, 7) is 0.573. The average Bonchev–Trinajstić information content (AvgIpc) is 2.95. The SMILES string of the molecule is COc1ccc(CCNC(=O)C(c2ccccc2)N(Cc2ccc(F)cc2)C(=O)Cc2ccccc2)cc1. The predicted molar refractivity (Wildman–Crippen MR) is 146 cm³/mol. The molecule has 0 aliphatic rings. The molecule has 1 atom stereocenters. The molecule has 4 aromatic rings. The van der Waals surface area contributed by atoms with Gasteiger partial charge < -0.3 is 15.0 Å². The highest BCUT2D eigenvalue weighted by Crippen LogP contribution is 2.25. The molecule has 0 spiro atoms. The molecule has 0 fully saturated rings. The van der Waals surface area contributed by atoms with Crippen LogP contribution >= 0.6 is 0 Å². The predicted octanol–water partition coefficient (Wildman–Crippen LogP) is 5.51. The number of amides is 2. The summed E-state index contributed by atoms with van der Waals surface area (Å²) in [5.41, 5.74) is 3.36. The van der Waals surface area contributed by atoms with Gasteiger partial charge in [-0.25, -0.2) is 4.39 Å². The second kappa shape index (κ2) is 13.2. The maximum absolute atomic E-state index is 13.7. The Bertz CT molecular complexity index is 1310. The molecule has 0 aliphatic carbocycles. The fraction of sp³-hybridized carbons (Fsp3) is 0.188. The first-order valence-electron chi connectivity index (χ1n) is 12.6. The molecule has 0 saturated heterocycles. The Morgan fingerprint density at radius 3 is 2.03 bits per heavy atom. The Hall–Kier alpha value is -4.45. The van der Waals surface area contributed by atoms with Crippen molar-refractivity contribution in [2.45, 2.75) is 25.4 Å². The minimum absolute atomic E-state index is 0.143. The first-order valence-corrected chi connectivity index (χ1v) is 12.6. The first kappa shape index (κ1) is 26.6. The van der Waals surface area contributed by atoms with Crippen LogP contribution < -0.4 is 10.1 Å². The number of hydrogen-bond acceptors (Lipinski definition) is 3. The first-order chi connectivity index (χ1) is 18.5. The Morgan fingerprint density at radius 2 is 1.39 bits per heavy atom. The average molecular weight is 511 g/mol. The second-order valence-corrected chi connectivity index (χ2v) is 9.01. The van der Waals surface area contributed by atoms with Crippen LogP contribution in [-0.2, 0) is 29.0 Å². The molecule has 0 radical (unpaired) electrons. The third-order valence-electron chi connectivity index (χ3n) is 6.33. The van der Waals surface area contributed by atoms with E-state index in [1.54, 1.807) is 24.1 Å². The van der Waals surface area contributed by atoms with Crippen molar-refractivity contribution in [1.82, 2.24) is 10.2 Å². The Balaban J connectivity index is 1.59. The van der Waals surface area contributed by atoms with E-state index in [1.807, 2.05) is 84.9 Å². The highest BCUT2D eigenvalue weighted by Gasteiger charge is 2.31. The van der Waals surface area contributed by atoms with Gasteiger partial charge >= 0.3 is 0 Å². The zero-order valence-corrected chi connectivity index (χ0v) is 21.3. The molecule has 1 N–H and O–H groups in total. The molecule has 0 heterocycles. The molecule has 4 aromatic carbocycles. The van der Waals surface area contributed by atoms with Gasteiger partial charge in [0.1, 0.15) is 17.6 Å². The van der Waals surface area contributed by atoms with Crippen molar-refractivity contribution in [1.29, 1.82) is 0 Å². The molecule has 1 unspecified atom stereocenters. The van der Waals surface area contributed by atoms with E-state index < -0.39 is 6.04 Å². The molecule has 0 bridgehead atoms. The third-order valence-corrected chi connectivity index (χ3v) is 6.33. The summed E-state index contributed by atoms with van der Waals surface area (Å²) in [6, 6.07) is 31.6. The van der Waals surface area contributed by atoms with Gasteiger partial charge in [0.15, 0.2) is 0 Å². The molecular weight excluding hydrogens is 479 g/mol. The zero-order chi connectivity index (χ0) is 26.7. The van der Waals surface area contributed by atoms with Crippen molar-refractivity contribution in [2.24, 2.45) is 0 Å². The fourth-order valence-electron chi connectivity index (χ4n) is 4.31. The Morgan fingerprint density at radius 1 is 0.789 bits per heavy atom. The highest BCUT2D eigenvalue weighted by atomic mass is 19.1. The minimum Gasteiger partial charge on any atom is -0.497 e. The third kappa shape index (κ3) is 7.29. The number of hydrogen-bond donors (Lipinski definition) is 1. The fourth-order valence-corrected chi connectivity index (χ4v) is 4.31. The molecule has 0 aromatic heterocycles. The van der Waals surface area contributed by atoms with E-state index in [0.717, 1.165) is 22.4 Å². The maximum Gasteiger partial charge on any atom is 0.247 e. The Labute approximate surface area is 222 Å². The van der Waals surface area contributed by atoms with Crippen LogP contribution in [0.15, 0.2) is 109 Å². The van der Waals surface area contributed by atoms with Crippen molar-refractivity contribution >= 4 is 11.8 Å². The largest absolute Gasteiger partial charge is 0.497 e. The number of nitrogens with zero attached hydrogens (tertiary/aromatic N) is 1. The van der Waals surface area contributed by atoms with Gasteiger partial charge in [-0.05, 0) is 52.9 Å². The van der Waals surface area contributed by atoms with Crippen LogP contribution in [-0.4, -0.2) is 30.4 Å². The Kier molecular flexibility index (Phi) is 9.24. The summed E-state index contributed by atoms with van der Waals surface area (Å²) in [4.78, 5) is 29.0. The number of nitrogens with one attached hydrogen (secondary N) is 1. The van der Waals surface area contributed by atoms with Crippen molar-refractivity contribution in [2.75, 3.05) is 13.7 Å². The summed E-state index contributed by atoms with van der Waals surface area (Å²) in [5, 5.41) is 3.03. The molecule has 194 valence electrons. The van der Waals surface area contributed by atoms with Crippen LogP contribution in [0.5, 0.6) is 5.75 Å². The maximum atomic E-state index is 13.7. The van der Waals surface area contributed by atoms with E-state index in [0.29, 0.717) is 18.5 Å². The van der Waals surface area contributed by atoms with Crippen LogP contribution in [0.25, 0.3) is 0 Å². The molecule has 0 aliphatic heterocycles. The van der Waals surface area contributed by atoms with Crippen LogP contribution in [0.2, 0.25) is 0 Å². The molecule has 4 rings (SSSR count). The van der Waals surface area contributed by atoms with Crippen molar-refractivity contribution < 1.29 is 18.7 Å². The molecular formula is C32H31FN2O3. The number of methoxy groups -OCH3 is 1. The monoisotopic (exact) mass is 510 g/mol. The van der Waals surface area contributed by atoms with Crippen LogP contribution in [0, 0.1) is 5.82 Å². The number of rotatable bonds is 11. The lowest BCUT2D eigenvalue weighted by Gasteiger charge is -2.32. The minimum atomic E-state index is -0.853. The lowest BCUT2D eigenvalue weighted by molar-refractivity contribution is -0.141. The van der Waals surface area contributed by atoms with Crippen molar-refractivity contribution in [3.63, 3.8) is 0 Å². The number of carbonyl (C=O) groups excluding carboxylic acids is 2. The molecule has 2 amide bonds. The zero-order valence-electron chi connectivity index (χ0n) is 21.3. The highest BCUT2D eigenvalue weighted by molar-refractivity contribution is 5.89. The van der Waals surface area contributed by atoms with Gasteiger partial charge in [0, 0.05) is 13.1 Å². The lowest BCUT2D eigenvalue weighted by atomic mass is 10.0. The van der Waals surface area contributed by atoms with Gasteiger partial charge in [-0.15, -0.1) is 0 Å². The van der Waals surface area contributed by atoms with Gasteiger partial charge in [0.2, 0.25) is 11.8 Å². The molecule has 0 saturated carbocycles. The number of ether oxygens (including phenoxy) is 1. The quantitative estimate of drug-likeness (QED) is 0.290. The summed E-state index contributed by atoms with van der Waals surface area (Å²) < 4.78 is 18.8. The van der Waals surface area contributed by atoms with Crippen LogP contribution in [0.4, 0.5) is 4.39 Å². The van der Waals surface area contributed by atoms with E-state index in [4.69, 9.17) is 4.74 Å². The molecule has 6 heteroatoms. The molecule has 5 nitrogen and oxygen atoms in total. The van der Waals surface area contributed by atoms with Gasteiger partial charge in [-0.1, -0.05) is 84.9 Å². The lowest BCUT2D eigenvalue weighted by Crippen LogP contribution is -2.44. The topological polar surface area (TPSA) is 58.6 Å². The van der Waals surface area contributed by atoms with Gasteiger partial charge in [-0.3, -0.25) is 9.59 Å². The number of carbonyl (C=O) groups is 2. The standard InChI is InChI=1S/C32H31FN2O3/c1-38-29-18-14-24(15-19-29)20-21-34-32(37)31(27-10-6-3-7-11-27)35(23-26-12-16-28(33)17-13-26)30(36)22-25-8-4-2-5-9-25/h2-19,31H,20-23H2,1H3,(H,34,37). The summed E-state index contributed by atoms with van der Waals surface area (Å²) in [6.07, 6.45) is 0.775. The summed E-state index contributed by atoms with van der Waals surface area (Å²) in [5.74, 6) is -0.0463. The van der Waals surface area contributed by atoms with Crippen molar-refractivity contribution in [3.8, 4) is 5.75 Å². The van der Waals surface area contributed by atoms with Crippen LogP contribution in [0.3, 0.4) is 0 Å². The van der Waals surface area contributed by atoms with E-state index in [1.165, 1.54) is 12.1 Å². The smallest absolute Gasteiger partial charge is 0.247 e. The van der Waals surface area contributed by atoms with E-state index in [-0.39, 0.29) is 30.6 Å². The van der Waals surface area contributed by atoms with Gasteiger partial charge in [-0.2, -0.15) is 0 Å². The van der Waals surface area contributed by atoms with Crippen molar-refractivity contribution in [3.05, 3.63) is 137 Å². The van der Waals surface area contributed by atoms with Gasteiger partial charge in [0.05, 0.1) is 13.5 Å². The van der Waals surface area contributed by atoms with Gasteiger partial charge in [0.25, 0.3) is 0 Å². The van der Waals surface area contributed by atoms with E-state index >= 15 is 0 Å². The van der Waals surface area contributed by atoms with Crippen LogP contribution in [0.1, 0.15) is 28.3 Å². The summed E-state index contributed by atoms with van der Waals surface area (Å²) >= 11 is 0. The normalized spacial score (nSPS) is 11.4. The number of halogens is 1.